The third-order valence-corrected chi connectivity index (χ3v) is 4.93. The number of carboxylic acid groups (broad SMARTS) is 1. The molecule has 0 aromatic heterocycles. The smallest absolute Gasteiger partial charge is 0.352 e. The zero-order valence-electron chi connectivity index (χ0n) is 14.6. The van der Waals surface area contributed by atoms with E-state index >= 15 is 0 Å². The van der Waals surface area contributed by atoms with Crippen LogP contribution < -0.4 is 5.32 Å². The van der Waals surface area contributed by atoms with Crippen molar-refractivity contribution in [2.75, 3.05) is 19.8 Å². The number of nitrogens with zero attached hydrogens (tertiary/aromatic N) is 1. The lowest BCUT2D eigenvalue weighted by Gasteiger charge is -2.47. The van der Waals surface area contributed by atoms with Crippen LogP contribution in [-0.2, 0) is 14.3 Å². The van der Waals surface area contributed by atoms with E-state index < -0.39 is 17.3 Å². The predicted octanol–water partition coefficient (Wildman–Crippen LogP) is 1.79. The molecule has 26 heavy (non-hydrogen) atoms. The molecule has 2 aliphatic rings. The van der Waals surface area contributed by atoms with Gasteiger partial charge >= 0.3 is 5.97 Å². The number of halogens is 1. The number of ether oxygens (including phenoxy) is 2. The molecule has 2 fully saturated rings. The summed E-state index contributed by atoms with van der Waals surface area (Å²) in [5, 5.41) is 12.4. The van der Waals surface area contributed by atoms with Crippen molar-refractivity contribution in [3.05, 3.63) is 47.2 Å². The molecule has 7 nitrogen and oxygen atoms in total. The molecule has 1 aromatic rings. The van der Waals surface area contributed by atoms with Crippen molar-refractivity contribution in [2.45, 2.75) is 31.2 Å². The number of carbonyl (C=O) groups excluding carboxylic acids is 1. The van der Waals surface area contributed by atoms with Crippen molar-refractivity contribution in [3.63, 3.8) is 0 Å². The normalized spacial score (nSPS) is 24.6. The maximum atomic E-state index is 12.2. The van der Waals surface area contributed by atoms with Gasteiger partial charge in [0, 0.05) is 17.7 Å². The van der Waals surface area contributed by atoms with Gasteiger partial charge in [0.2, 0.25) is 0 Å². The molecule has 2 saturated heterocycles. The highest BCUT2D eigenvalue weighted by Crippen LogP contribution is 2.31. The van der Waals surface area contributed by atoms with Crippen molar-refractivity contribution < 1.29 is 24.2 Å². The van der Waals surface area contributed by atoms with Crippen LogP contribution in [0.2, 0.25) is 0 Å². The minimum absolute atomic E-state index is 0.0747. The summed E-state index contributed by atoms with van der Waals surface area (Å²) in [6.45, 7) is 4.17. The molecule has 8 heteroatoms. The molecule has 0 bridgehead atoms. The molecule has 0 saturated carbocycles. The fourth-order valence-corrected chi connectivity index (χ4v) is 3.19. The summed E-state index contributed by atoms with van der Waals surface area (Å²) in [5.74, 6) is -2.07. The van der Waals surface area contributed by atoms with Crippen molar-refractivity contribution in [1.82, 2.24) is 10.2 Å². The Morgan fingerprint density at radius 1 is 1.23 bits per heavy atom. The number of hydrogen-bond acceptors (Lipinski definition) is 5. The predicted molar refractivity (Wildman–Crippen MR) is 94.7 cm³/mol. The highest BCUT2D eigenvalue weighted by molar-refractivity contribution is 6.22. The monoisotopic (exact) mass is 380 g/mol. The molecule has 140 valence electrons. The standard InChI is InChI=1S/C18H21ClN2O5/c1-18(2)25-9-12(10-26-18)14(17(23)24)21-8-13(15(21)19)20-16(22)11-6-4-3-5-7-11/h3-7,13,15H,8-10H2,1-2H3,(H,20,22)(H,23,24). The first kappa shape index (κ1) is 18.7. The summed E-state index contributed by atoms with van der Waals surface area (Å²) in [4.78, 5) is 25.5. The number of aliphatic carboxylic acids is 1. The number of benzene rings is 1. The van der Waals surface area contributed by atoms with Crippen molar-refractivity contribution in [3.8, 4) is 0 Å². The first-order valence-corrected chi connectivity index (χ1v) is 8.72. The second-order valence-corrected chi connectivity index (χ2v) is 7.15. The van der Waals surface area contributed by atoms with Gasteiger partial charge in [-0.25, -0.2) is 4.79 Å². The minimum Gasteiger partial charge on any atom is -0.477 e. The summed E-state index contributed by atoms with van der Waals surface area (Å²) >= 11 is 6.36. The Morgan fingerprint density at radius 3 is 2.38 bits per heavy atom. The Hall–Kier alpha value is -2.09. The van der Waals surface area contributed by atoms with Gasteiger partial charge in [-0.05, 0) is 26.0 Å². The van der Waals surface area contributed by atoms with Gasteiger partial charge in [-0.3, -0.25) is 4.79 Å². The van der Waals surface area contributed by atoms with Gasteiger partial charge in [0.05, 0.1) is 19.3 Å². The Labute approximate surface area is 156 Å². The number of likely N-dealkylation sites (tertiary alicyclic amines) is 1. The zero-order chi connectivity index (χ0) is 18.9. The largest absolute Gasteiger partial charge is 0.477 e. The molecule has 0 aliphatic carbocycles. The van der Waals surface area contributed by atoms with E-state index in [1.54, 1.807) is 43.0 Å². The molecule has 0 spiro atoms. The minimum atomic E-state index is -1.09. The summed E-state index contributed by atoms with van der Waals surface area (Å²) in [7, 11) is 0. The van der Waals surface area contributed by atoms with Gasteiger partial charge in [0.25, 0.3) is 5.91 Å². The second kappa shape index (κ2) is 7.26. The summed E-state index contributed by atoms with van der Waals surface area (Å²) in [5.41, 5.74) is 0.472. The number of rotatable bonds is 4. The molecular weight excluding hydrogens is 360 g/mol. The number of amides is 1. The number of carboxylic acids is 1. The van der Waals surface area contributed by atoms with E-state index in [4.69, 9.17) is 21.1 Å². The number of nitrogens with one attached hydrogen (secondary N) is 1. The maximum absolute atomic E-state index is 12.2. The Morgan fingerprint density at radius 2 is 1.85 bits per heavy atom. The molecule has 2 atom stereocenters. The van der Waals surface area contributed by atoms with Crippen LogP contribution in [-0.4, -0.2) is 59.0 Å². The van der Waals surface area contributed by atoms with Crippen LogP contribution in [0.25, 0.3) is 0 Å². The molecule has 2 unspecified atom stereocenters. The van der Waals surface area contributed by atoms with Gasteiger partial charge in [-0.1, -0.05) is 29.8 Å². The fraction of sp³-hybridized carbons (Fsp3) is 0.444. The molecule has 1 amide bonds. The zero-order valence-corrected chi connectivity index (χ0v) is 15.3. The van der Waals surface area contributed by atoms with E-state index in [1.165, 1.54) is 0 Å². The highest BCUT2D eigenvalue weighted by atomic mass is 35.5. The third-order valence-electron chi connectivity index (χ3n) is 4.39. The highest BCUT2D eigenvalue weighted by Gasteiger charge is 2.43. The first-order valence-electron chi connectivity index (χ1n) is 8.28. The van der Waals surface area contributed by atoms with Crippen LogP contribution in [0.3, 0.4) is 0 Å². The summed E-state index contributed by atoms with van der Waals surface area (Å²) < 4.78 is 11.1. The van der Waals surface area contributed by atoms with Gasteiger partial charge in [-0.2, -0.15) is 0 Å². The summed E-state index contributed by atoms with van der Waals surface area (Å²) in [6.07, 6.45) is 0. The average molecular weight is 381 g/mol. The van der Waals surface area contributed by atoms with Gasteiger partial charge in [0.15, 0.2) is 5.79 Å². The van der Waals surface area contributed by atoms with E-state index in [9.17, 15) is 14.7 Å². The van der Waals surface area contributed by atoms with Crippen molar-refractivity contribution >= 4 is 23.5 Å². The molecule has 2 heterocycles. The Bertz CT molecular complexity index is 722. The van der Waals surface area contributed by atoms with E-state index in [1.807, 2.05) is 6.07 Å². The van der Waals surface area contributed by atoms with Crippen LogP contribution >= 0.6 is 11.6 Å². The molecular formula is C18H21ClN2O5. The first-order chi connectivity index (χ1) is 12.3. The number of carbonyl (C=O) groups is 2. The average Bonchev–Trinajstić information content (AvgIpc) is 2.61. The number of hydrogen-bond donors (Lipinski definition) is 2. The van der Waals surface area contributed by atoms with Crippen LogP contribution in [0.1, 0.15) is 24.2 Å². The van der Waals surface area contributed by atoms with Crippen LogP contribution in [0.5, 0.6) is 0 Å². The fourth-order valence-electron chi connectivity index (χ4n) is 2.87. The summed E-state index contributed by atoms with van der Waals surface area (Å²) in [6, 6.07) is 8.44. The molecule has 1 aromatic carbocycles. The van der Waals surface area contributed by atoms with E-state index in [0.717, 1.165) is 0 Å². The quantitative estimate of drug-likeness (QED) is 0.470. The van der Waals surface area contributed by atoms with E-state index in [0.29, 0.717) is 17.7 Å². The molecule has 0 radical (unpaired) electrons. The van der Waals surface area contributed by atoms with E-state index in [-0.39, 0.29) is 30.9 Å². The lowest BCUT2D eigenvalue weighted by Crippen LogP contribution is -2.64. The molecule has 2 aliphatic heterocycles. The molecule has 3 rings (SSSR count). The SMILES string of the molecule is CC1(C)OCC(=C(C(=O)O)N2CC(NC(=O)c3ccccc3)C2Cl)CO1. The Balaban J connectivity index is 1.67. The topological polar surface area (TPSA) is 88.1 Å². The second-order valence-electron chi connectivity index (χ2n) is 6.71. The molecule has 2 N–H and O–H groups in total. The lowest BCUT2D eigenvalue weighted by atomic mass is 10.0. The van der Waals surface area contributed by atoms with Crippen molar-refractivity contribution in [2.24, 2.45) is 0 Å². The van der Waals surface area contributed by atoms with Gasteiger partial charge in [0.1, 0.15) is 11.2 Å². The lowest BCUT2D eigenvalue weighted by molar-refractivity contribution is -0.226. The Kier molecular flexibility index (Phi) is 5.22. The van der Waals surface area contributed by atoms with Gasteiger partial charge in [-0.15, -0.1) is 0 Å². The third kappa shape index (κ3) is 3.85. The van der Waals surface area contributed by atoms with Gasteiger partial charge < -0.3 is 24.8 Å². The maximum Gasteiger partial charge on any atom is 0.352 e. The van der Waals surface area contributed by atoms with Crippen LogP contribution in [0.4, 0.5) is 0 Å². The van der Waals surface area contributed by atoms with E-state index in [2.05, 4.69) is 5.32 Å². The van der Waals surface area contributed by atoms with Crippen molar-refractivity contribution in [1.29, 1.82) is 0 Å². The number of alkyl halides is 1. The van der Waals surface area contributed by atoms with Crippen LogP contribution in [0.15, 0.2) is 41.6 Å². The van der Waals surface area contributed by atoms with Crippen LogP contribution in [0, 0.1) is 0 Å².